The van der Waals surface area contributed by atoms with E-state index < -0.39 is 5.92 Å². The van der Waals surface area contributed by atoms with Crippen molar-refractivity contribution in [3.05, 3.63) is 115 Å². The first-order valence-corrected chi connectivity index (χ1v) is 17.2. The SMILES string of the molecule is CC1(C)CC(=O)C2=C(C1)N(Cc1ccccc1)C1=C(C(=O)CC(C)(C)C1)C2c1cc(Br)c(OCC(=O)Nc2ccccc2)c(Br)c1. The number of para-hydroxylation sites is 1. The second kappa shape index (κ2) is 12.6. The number of ketones is 2. The standard InChI is InChI=1S/C38H38Br2N2O4/c1-37(2)17-28-34(30(43)19-37)33(35-29(18-38(3,4)20-31(35)44)42(28)21-23-11-7-5-8-12-23)24-15-26(39)36(27(40)16-24)46-22-32(45)41-25-13-9-6-10-14-25/h5-16,33H,17-22H2,1-4H3,(H,41,45). The quantitative estimate of drug-likeness (QED) is 0.261. The van der Waals surface area contributed by atoms with Crippen molar-refractivity contribution in [3.63, 3.8) is 0 Å². The lowest BCUT2D eigenvalue weighted by Gasteiger charge is -2.49. The van der Waals surface area contributed by atoms with Gasteiger partial charge in [-0.1, -0.05) is 76.2 Å². The zero-order valence-corrected chi connectivity index (χ0v) is 29.8. The van der Waals surface area contributed by atoms with Gasteiger partial charge in [0.15, 0.2) is 18.2 Å². The van der Waals surface area contributed by atoms with E-state index in [9.17, 15) is 14.4 Å². The van der Waals surface area contributed by atoms with Crippen LogP contribution in [0.1, 0.15) is 70.4 Å². The second-order valence-corrected chi connectivity index (χ2v) is 15.8. The van der Waals surface area contributed by atoms with E-state index in [1.165, 1.54) is 0 Å². The van der Waals surface area contributed by atoms with Crippen LogP contribution in [0, 0.1) is 10.8 Å². The number of allylic oxidation sites excluding steroid dienone is 4. The highest BCUT2D eigenvalue weighted by Crippen LogP contribution is 2.55. The summed E-state index contributed by atoms with van der Waals surface area (Å²) in [7, 11) is 0. The number of Topliss-reactive ketones (excluding diaryl/α,β-unsaturated/α-hetero) is 2. The maximum Gasteiger partial charge on any atom is 0.262 e. The normalized spacial score (nSPS) is 19.1. The van der Waals surface area contributed by atoms with Crippen molar-refractivity contribution >= 4 is 55.0 Å². The van der Waals surface area contributed by atoms with Crippen LogP contribution in [0.2, 0.25) is 0 Å². The molecule has 0 unspecified atom stereocenters. The molecule has 1 N–H and O–H groups in total. The lowest BCUT2D eigenvalue weighted by atomic mass is 9.63. The van der Waals surface area contributed by atoms with Gasteiger partial charge in [-0.05, 0) is 90.9 Å². The highest BCUT2D eigenvalue weighted by molar-refractivity contribution is 9.11. The molecule has 3 aromatic rings. The number of hydrogen-bond acceptors (Lipinski definition) is 5. The molecule has 0 bridgehead atoms. The van der Waals surface area contributed by atoms with Gasteiger partial charge in [0.05, 0.1) is 8.95 Å². The van der Waals surface area contributed by atoms with Crippen molar-refractivity contribution in [3.8, 4) is 5.75 Å². The van der Waals surface area contributed by atoms with E-state index >= 15 is 0 Å². The molecule has 8 heteroatoms. The molecule has 1 amide bonds. The van der Waals surface area contributed by atoms with E-state index in [-0.39, 0.29) is 34.9 Å². The van der Waals surface area contributed by atoms with Crippen LogP contribution >= 0.6 is 31.9 Å². The lowest BCUT2D eigenvalue weighted by Crippen LogP contribution is -2.44. The van der Waals surface area contributed by atoms with Crippen molar-refractivity contribution in [1.29, 1.82) is 0 Å². The zero-order chi connectivity index (χ0) is 32.8. The summed E-state index contributed by atoms with van der Waals surface area (Å²) in [6.07, 6.45) is 2.32. The van der Waals surface area contributed by atoms with Crippen LogP contribution in [0.3, 0.4) is 0 Å². The van der Waals surface area contributed by atoms with Gasteiger partial charge in [0.1, 0.15) is 5.75 Å². The van der Waals surface area contributed by atoms with Crippen molar-refractivity contribution in [2.45, 2.75) is 65.8 Å². The molecule has 0 aromatic heterocycles. The zero-order valence-electron chi connectivity index (χ0n) is 26.6. The smallest absolute Gasteiger partial charge is 0.262 e. The number of nitrogens with zero attached hydrogens (tertiary/aromatic N) is 1. The number of rotatable bonds is 7. The Kier molecular flexibility index (Phi) is 8.89. The fourth-order valence-corrected chi connectivity index (χ4v) is 8.53. The van der Waals surface area contributed by atoms with E-state index in [1.54, 1.807) is 0 Å². The van der Waals surface area contributed by atoms with Gasteiger partial charge < -0.3 is 15.0 Å². The first-order valence-electron chi connectivity index (χ1n) is 15.6. The molecule has 0 atom stereocenters. The van der Waals surface area contributed by atoms with Crippen LogP contribution in [0.5, 0.6) is 5.75 Å². The van der Waals surface area contributed by atoms with Crippen molar-refractivity contribution in [2.24, 2.45) is 10.8 Å². The third kappa shape index (κ3) is 6.65. The molecule has 6 nitrogen and oxygen atoms in total. The summed E-state index contributed by atoms with van der Waals surface area (Å²) in [6.45, 7) is 9.02. The van der Waals surface area contributed by atoms with Gasteiger partial charge in [0.25, 0.3) is 5.91 Å². The van der Waals surface area contributed by atoms with E-state index in [0.29, 0.717) is 39.8 Å². The van der Waals surface area contributed by atoms with Crippen molar-refractivity contribution in [1.82, 2.24) is 4.90 Å². The summed E-state index contributed by atoms with van der Waals surface area (Å²) in [5.74, 6) is -0.126. The van der Waals surface area contributed by atoms with Crippen LogP contribution in [0.15, 0.2) is 104 Å². The molecule has 0 saturated carbocycles. The molecular weight excluding hydrogens is 708 g/mol. The topological polar surface area (TPSA) is 75.7 Å². The first kappa shape index (κ1) is 32.5. The maximum absolute atomic E-state index is 14.2. The van der Waals surface area contributed by atoms with E-state index in [4.69, 9.17) is 4.74 Å². The number of hydrogen-bond donors (Lipinski definition) is 1. The molecule has 2 aliphatic carbocycles. The van der Waals surface area contributed by atoms with Gasteiger partial charge in [-0.2, -0.15) is 0 Å². The number of carbonyl (C=O) groups is 3. The fourth-order valence-electron chi connectivity index (χ4n) is 7.08. The third-order valence-corrected chi connectivity index (χ3v) is 10.1. The Balaban J connectivity index is 1.42. The van der Waals surface area contributed by atoms with Crippen LogP contribution in [-0.4, -0.2) is 29.0 Å². The maximum atomic E-state index is 14.2. The molecule has 1 aliphatic heterocycles. The summed E-state index contributed by atoms with van der Waals surface area (Å²) < 4.78 is 7.23. The summed E-state index contributed by atoms with van der Waals surface area (Å²) in [5, 5.41) is 2.83. The number of halogens is 2. The fraction of sp³-hybridized carbons (Fsp3) is 0.342. The molecule has 3 aromatic carbocycles. The molecule has 3 aliphatic rings. The Hall–Kier alpha value is -3.49. The molecule has 46 heavy (non-hydrogen) atoms. The number of anilines is 1. The highest BCUT2D eigenvalue weighted by atomic mass is 79.9. The predicted octanol–water partition coefficient (Wildman–Crippen LogP) is 9.11. The number of carbonyl (C=O) groups excluding carboxylic acids is 3. The lowest BCUT2D eigenvalue weighted by molar-refractivity contribution is -0.120. The van der Waals surface area contributed by atoms with Gasteiger partial charge >= 0.3 is 0 Å². The Morgan fingerprint density at radius 1 is 0.804 bits per heavy atom. The largest absolute Gasteiger partial charge is 0.481 e. The van der Waals surface area contributed by atoms with Gasteiger partial charge in [0.2, 0.25) is 0 Å². The average molecular weight is 747 g/mol. The van der Waals surface area contributed by atoms with E-state index in [0.717, 1.165) is 46.5 Å². The number of nitrogens with one attached hydrogen (secondary N) is 1. The van der Waals surface area contributed by atoms with Crippen molar-refractivity contribution in [2.75, 3.05) is 11.9 Å². The Morgan fingerprint density at radius 3 is 1.83 bits per heavy atom. The van der Waals surface area contributed by atoms with Gasteiger partial charge in [-0.15, -0.1) is 0 Å². The Labute approximate surface area is 287 Å². The summed E-state index contributed by atoms with van der Waals surface area (Å²) >= 11 is 7.36. The number of ether oxygens (including phenoxy) is 1. The van der Waals surface area contributed by atoms with Crippen LogP contribution in [0.4, 0.5) is 5.69 Å². The minimum Gasteiger partial charge on any atom is -0.481 e. The molecule has 0 fully saturated rings. The molecule has 238 valence electrons. The Morgan fingerprint density at radius 2 is 1.30 bits per heavy atom. The predicted molar refractivity (Wildman–Crippen MR) is 187 cm³/mol. The number of benzene rings is 3. The summed E-state index contributed by atoms with van der Waals surface area (Å²) in [6, 6.07) is 23.4. The molecule has 0 spiro atoms. The van der Waals surface area contributed by atoms with Crippen LogP contribution in [-0.2, 0) is 20.9 Å². The molecular formula is C38H38Br2N2O4. The summed E-state index contributed by atoms with van der Waals surface area (Å²) in [4.78, 5) is 43.3. The average Bonchev–Trinajstić information content (AvgIpc) is 2.97. The molecule has 1 heterocycles. The van der Waals surface area contributed by atoms with Gasteiger partial charge in [0, 0.05) is 53.5 Å². The van der Waals surface area contributed by atoms with E-state index in [2.05, 4.69) is 81.9 Å². The monoisotopic (exact) mass is 744 g/mol. The minimum absolute atomic E-state index is 0.0867. The highest BCUT2D eigenvalue weighted by Gasteiger charge is 2.49. The van der Waals surface area contributed by atoms with Crippen LogP contribution in [0.25, 0.3) is 0 Å². The Bertz CT molecular complexity index is 1700. The minimum atomic E-state index is -0.493. The third-order valence-electron chi connectivity index (χ3n) is 8.96. The molecule has 0 saturated heterocycles. The second-order valence-electron chi connectivity index (χ2n) is 14.1. The first-order chi connectivity index (χ1) is 21.8. The van der Waals surface area contributed by atoms with Crippen molar-refractivity contribution < 1.29 is 19.1 Å². The van der Waals surface area contributed by atoms with Gasteiger partial charge in [-0.25, -0.2) is 0 Å². The molecule has 6 rings (SSSR count). The van der Waals surface area contributed by atoms with Gasteiger partial charge in [-0.3, -0.25) is 14.4 Å². The molecule has 0 radical (unpaired) electrons. The van der Waals surface area contributed by atoms with E-state index in [1.807, 2.05) is 60.7 Å². The van der Waals surface area contributed by atoms with Crippen LogP contribution < -0.4 is 10.1 Å². The summed E-state index contributed by atoms with van der Waals surface area (Å²) in [5.41, 5.74) is 5.72. The number of amides is 1.